The van der Waals surface area contributed by atoms with Crippen LogP contribution in [-0.4, -0.2) is 50.0 Å². The molecule has 196 valence electrons. The summed E-state index contributed by atoms with van der Waals surface area (Å²) in [5.74, 6) is 1.90. The number of carbonyl (C=O) groups excluding carboxylic acids is 1. The molecule has 3 unspecified atom stereocenters. The number of methoxy groups -OCH3 is 1. The van der Waals surface area contributed by atoms with Gasteiger partial charge in [0.25, 0.3) is 0 Å². The van der Waals surface area contributed by atoms with Crippen LogP contribution in [0.5, 0.6) is 5.75 Å². The molecule has 0 radical (unpaired) electrons. The smallest absolute Gasteiger partial charge is 0.248 e. The highest BCUT2D eigenvalue weighted by molar-refractivity contribution is 7.89. The lowest BCUT2D eigenvalue weighted by molar-refractivity contribution is -0.127. The van der Waals surface area contributed by atoms with Crippen LogP contribution in [0.1, 0.15) is 63.0 Å². The van der Waals surface area contributed by atoms with Crippen molar-refractivity contribution >= 4 is 28.1 Å². The standard InChI is InChI=1S/C27H37N3O5S/c1-18-6-5-7-24(19(18)2)28-27(31)22-14-16-30(17-15-22)36(32,33)26-20(3)29-35-25(26)13-10-21-8-11-23(34-4)12-9-21/h8-13,18-19,22,24H,5-7,14-17H2,1-4H3,(H,28,31)/b13-10-. The van der Waals surface area contributed by atoms with E-state index in [4.69, 9.17) is 9.26 Å². The van der Waals surface area contributed by atoms with E-state index < -0.39 is 10.0 Å². The third-order valence-corrected chi connectivity index (χ3v) is 9.89. The van der Waals surface area contributed by atoms with Crippen molar-refractivity contribution in [3.63, 3.8) is 0 Å². The monoisotopic (exact) mass is 515 g/mol. The van der Waals surface area contributed by atoms with Gasteiger partial charge in [0.1, 0.15) is 11.4 Å². The second-order valence-corrected chi connectivity index (χ2v) is 12.0. The SMILES string of the molecule is COc1ccc(/C=C\c2onc(C)c2S(=O)(=O)N2CCC(C(=O)NC3CCCC(C)C3C)CC2)cc1. The molecule has 2 aromatic rings. The predicted octanol–water partition coefficient (Wildman–Crippen LogP) is 4.50. The number of nitrogens with zero attached hydrogens (tertiary/aromatic N) is 2. The Bertz CT molecular complexity index is 1180. The molecule has 36 heavy (non-hydrogen) atoms. The van der Waals surface area contributed by atoms with Crippen molar-refractivity contribution in [3.05, 3.63) is 41.3 Å². The van der Waals surface area contributed by atoms with Crippen LogP contribution in [0.15, 0.2) is 33.7 Å². The highest BCUT2D eigenvalue weighted by atomic mass is 32.2. The lowest BCUT2D eigenvalue weighted by atomic mass is 9.78. The first-order valence-corrected chi connectivity index (χ1v) is 14.2. The number of sulfonamides is 1. The molecular weight excluding hydrogens is 478 g/mol. The average Bonchev–Trinajstić information content (AvgIpc) is 3.27. The van der Waals surface area contributed by atoms with E-state index in [0.29, 0.717) is 43.5 Å². The molecule has 1 N–H and O–H groups in total. The third kappa shape index (κ3) is 5.67. The van der Waals surface area contributed by atoms with Gasteiger partial charge in [0, 0.05) is 25.0 Å². The van der Waals surface area contributed by atoms with Crippen LogP contribution in [-0.2, 0) is 14.8 Å². The topological polar surface area (TPSA) is 102 Å². The molecule has 1 aliphatic heterocycles. The van der Waals surface area contributed by atoms with Crippen molar-refractivity contribution < 1.29 is 22.5 Å². The van der Waals surface area contributed by atoms with Gasteiger partial charge in [-0.25, -0.2) is 8.42 Å². The lowest BCUT2D eigenvalue weighted by Crippen LogP contribution is -2.48. The molecule has 2 heterocycles. The van der Waals surface area contributed by atoms with E-state index in [1.54, 1.807) is 26.2 Å². The van der Waals surface area contributed by atoms with E-state index in [9.17, 15) is 13.2 Å². The number of nitrogens with one attached hydrogen (secondary N) is 1. The molecule has 0 bridgehead atoms. The number of aryl methyl sites for hydroxylation is 1. The predicted molar refractivity (Wildman–Crippen MR) is 139 cm³/mol. The molecule has 9 heteroatoms. The van der Waals surface area contributed by atoms with Gasteiger partial charge in [0.15, 0.2) is 10.7 Å². The van der Waals surface area contributed by atoms with Crippen molar-refractivity contribution in [2.45, 2.75) is 63.8 Å². The number of benzene rings is 1. The Morgan fingerprint density at radius 1 is 1.11 bits per heavy atom. The molecule has 2 fully saturated rings. The van der Waals surface area contributed by atoms with E-state index in [0.717, 1.165) is 24.2 Å². The van der Waals surface area contributed by atoms with Crippen molar-refractivity contribution in [1.29, 1.82) is 0 Å². The summed E-state index contributed by atoms with van der Waals surface area (Å²) in [7, 11) is -2.21. The van der Waals surface area contributed by atoms with Gasteiger partial charge in [0.05, 0.1) is 7.11 Å². The first kappa shape index (κ1) is 26.4. The highest BCUT2D eigenvalue weighted by Gasteiger charge is 2.37. The van der Waals surface area contributed by atoms with Gasteiger partial charge < -0.3 is 14.6 Å². The molecule has 1 aliphatic carbocycles. The van der Waals surface area contributed by atoms with E-state index >= 15 is 0 Å². The van der Waals surface area contributed by atoms with Crippen molar-refractivity contribution in [1.82, 2.24) is 14.8 Å². The Labute approximate surface area is 214 Å². The Morgan fingerprint density at radius 2 is 1.81 bits per heavy atom. The fourth-order valence-corrected chi connectivity index (χ4v) is 6.98. The summed E-state index contributed by atoms with van der Waals surface area (Å²) in [5.41, 5.74) is 1.20. The van der Waals surface area contributed by atoms with Gasteiger partial charge in [-0.15, -0.1) is 0 Å². The summed E-state index contributed by atoms with van der Waals surface area (Å²) in [6.45, 7) is 6.69. The highest BCUT2D eigenvalue weighted by Crippen LogP contribution is 2.32. The summed E-state index contributed by atoms with van der Waals surface area (Å²) in [6, 6.07) is 7.62. The molecule has 0 spiro atoms. The third-order valence-electron chi connectivity index (χ3n) is 7.83. The number of piperidine rings is 1. The van der Waals surface area contributed by atoms with Gasteiger partial charge >= 0.3 is 0 Å². The first-order valence-electron chi connectivity index (χ1n) is 12.8. The van der Waals surface area contributed by atoms with Crippen LogP contribution in [0.2, 0.25) is 0 Å². The molecular formula is C27H37N3O5S. The van der Waals surface area contributed by atoms with Gasteiger partial charge in [0.2, 0.25) is 15.9 Å². The summed E-state index contributed by atoms with van der Waals surface area (Å²) in [4.78, 5) is 13.0. The average molecular weight is 516 g/mol. The van der Waals surface area contributed by atoms with E-state index in [1.807, 2.05) is 24.3 Å². The van der Waals surface area contributed by atoms with Gasteiger partial charge in [-0.1, -0.05) is 50.1 Å². The Kier molecular flexibility index (Phi) is 8.20. The maximum atomic E-state index is 13.5. The van der Waals surface area contributed by atoms with E-state index in [1.165, 1.54) is 10.7 Å². The lowest BCUT2D eigenvalue weighted by Gasteiger charge is -2.36. The van der Waals surface area contributed by atoms with Crippen LogP contribution in [0.3, 0.4) is 0 Å². The van der Waals surface area contributed by atoms with E-state index in [-0.39, 0.29) is 28.5 Å². The van der Waals surface area contributed by atoms with Gasteiger partial charge in [-0.3, -0.25) is 4.79 Å². The quantitative estimate of drug-likeness (QED) is 0.582. The van der Waals surface area contributed by atoms with Crippen LogP contribution in [0.4, 0.5) is 0 Å². The zero-order valence-electron chi connectivity index (χ0n) is 21.6. The number of hydrogen-bond acceptors (Lipinski definition) is 6. The largest absolute Gasteiger partial charge is 0.497 e. The zero-order valence-corrected chi connectivity index (χ0v) is 22.4. The number of rotatable bonds is 7. The maximum Gasteiger partial charge on any atom is 0.248 e. The van der Waals surface area contributed by atoms with Crippen LogP contribution in [0, 0.1) is 24.7 Å². The number of ether oxygens (including phenoxy) is 1. The fourth-order valence-electron chi connectivity index (χ4n) is 5.26. The molecule has 1 aromatic carbocycles. The molecule has 1 saturated heterocycles. The van der Waals surface area contributed by atoms with Crippen LogP contribution < -0.4 is 10.1 Å². The van der Waals surface area contributed by atoms with Gasteiger partial charge in [-0.2, -0.15) is 4.31 Å². The van der Waals surface area contributed by atoms with E-state index in [2.05, 4.69) is 24.3 Å². The number of amides is 1. The molecule has 4 rings (SSSR count). The summed E-state index contributed by atoms with van der Waals surface area (Å²) in [6.07, 6.45) is 7.78. The van der Waals surface area contributed by atoms with Crippen molar-refractivity contribution in [2.24, 2.45) is 17.8 Å². The number of hydrogen-bond donors (Lipinski definition) is 1. The minimum atomic E-state index is -3.81. The first-order chi connectivity index (χ1) is 17.2. The van der Waals surface area contributed by atoms with Gasteiger partial charge in [-0.05, 0) is 61.8 Å². The molecule has 1 saturated carbocycles. The fraction of sp³-hybridized carbons (Fsp3) is 0.556. The van der Waals surface area contributed by atoms with Crippen LogP contribution >= 0.6 is 0 Å². The zero-order chi connectivity index (χ0) is 25.9. The molecule has 1 aromatic heterocycles. The summed E-state index contributed by atoms with van der Waals surface area (Å²) < 4.78 is 39.1. The second-order valence-electron chi connectivity index (χ2n) is 10.1. The minimum absolute atomic E-state index is 0.0577. The summed E-state index contributed by atoms with van der Waals surface area (Å²) >= 11 is 0. The molecule has 2 aliphatic rings. The van der Waals surface area contributed by atoms with Crippen LogP contribution in [0.25, 0.3) is 12.2 Å². The Balaban J connectivity index is 1.41. The van der Waals surface area contributed by atoms with Crippen molar-refractivity contribution in [3.8, 4) is 5.75 Å². The molecule has 1 amide bonds. The van der Waals surface area contributed by atoms with Crippen molar-refractivity contribution in [2.75, 3.05) is 20.2 Å². The Morgan fingerprint density at radius 3 is 2.47 bits per heavy atom. The maximum absolute atomic E-state index is 13.5. The normalized spacial score (nSPS) is 24.2. The summed E-state index contributed by atoms with van der Waals surface area (Å²) in [5, 5.41) is 7.18. The Hall–Kier alpha value is -2.65. The molecule has 3 atom stereocenters. The second kappa shape index (κ2) is 11.2. The minimum Gasteiger partial charge on any atom is -0.497 e. The number of carbonyl (C=O) groups is 1. The molecule has 8 nitrogen and oxygen atoms in total. The number of aromatic nitrogens is 1.